The Morgan fingerprint density at radius 1 is 1.10 bits per heavy atom. The molecule has 2 rings (SSSR count). The number of carbonyl (C=O) groups is 1. The van der Waals surface area contributed by atoms with Gasteiger partial charge in [-0.3, -0.25) is 0 Å². The van der Waals surface area contributed by atoms with Crippen LogP contribution in [0.4, 0.5) is 0 Å². The van der Waals surface area contributed by atoms with Gasteiger partial charge in [-0.1, -0.05) is 50.2 Å². The molecule has 20 heavy (non-hydrogen) atoms. The van der Waals surface area contributed by atoms with Crippen LogP contribution in [-0.2, 0) is 0 Å². The van der Waals surface area contributed by atoms with Crippen molar-refractivity contribution in [1.82, 2.24) is 0 Å². The maximum atomic E-state index is 11.3. The first-order valence-electron chi connectivity index (χ1n) is 6.59. The first-order chi connectivity index (χ1) is 9.50. The molecule has 0 aliphatic carbocycles. The molecule has 2 aromatic rings. The number of aromatic carboxylic acids is 1. The van der Waals surface area contributed by atoms with Crippen LogP contribution in [0.1, 0.15) is 29.8 Å². The molecule has 0 unspecified atom stereocenters. The van der Waals surface area contributed by atoms with E-state index >= 15 is 0 Å². The summed E-state index contributed by atoms with van der Waals surface area (Å²) in [7, 11) is 0. The van der Waals surface area contributed by atoms with Crippen molar-refractivity contribution in [3.05, 3.63) is 53.6 Å². The number of rotatable bonds is 4. The Morgan fingerprint density at radius 2 is 1.75 bits per heavy atom. The zero-order chi connectivity index (χ0) is 14.7. The zero-order valence-electron chi connectivity index (χ0n) is 11.9. The molecule has 0 aliphatic rings. The Kier molecular flexibility index (Phi) is 4.50. The maximum absolute atomic E-state index is 11.3. The van der Waals surface area contributed by atoms with Gasteiger partial charge in [-0.15, -0.1) is 11.8 Å². The lowest BCUT2D eigenvalue weighted by atomic mass is 9.99. The van der Waals surface area contributed by atoms with Crippen LogP contribution in [-0.4, -0.2) is 16.3 Å². The van der Waals surface area contributed by atoms with E-state index in [1.807, 2.05) is 31.2 Å². The average Bonchev–Trinajstić information content (AvgIpc) is 2.41. The normalized spacial score (nSPS) is 10.8. The van der Waals surface area contributed by atoms with Crippen molar-refractivity contribution in [2.45, 2.75) is 30.9 Å². The van der Waals surface area contributed by atoms with Crippen molar-refractivity contribution in [2.24, 2.45) is 0 Å². The zero-order valence-corrected chi connectivity index (χ0v) is 12.7. The van der Waals surface area contributed by atoms with Crippen molar-refractivity contribution < 1.29 is 9.90 Å². The van der Waals surface area contributed by atoms with Crippen LogP contribution in [0.5, 0.6) is 0 Å². The SMILES string of the molecule is Cc1c(C(=O)O)ccc(-c2ccccc2)c1SC(C)C. The van der Waals surface area contributed by atoms with Crippen LogP contribution >= 0.6 is 11.8 Å². The highest BCUT2D eigenvalue weighted by Gasteiger charge is 2.16. The van der Waals surface area contributed by atoms with Crippen LogP contribution in [0.25, 0.3) is 11.1 Å². The lowest BCUT2D eigenvalue weighted by Gasteiger charge is -2.16. The second kappa shape index (κ2) is 6.14. The molecule has 0 aliphatic heterocycles. The lowest BCUT2D eigenvalue weighted by Crippen LogP contribution is -2.03. The third-order valence-electron chi connectivity index (χ3n) is 3.07. The molecule has 0 atom stereocenters. The van der Waals surface area contributed by atoms with E-state index in [0.717, 1.165) is 21.6 Å². The molecular formula is C17H18O2S. The van der Waals surface area contributed by atoms with E-state index < -0.39 is 5.97 Å². The third-order valence-corrected chi connectivity index (χ3v) is 4.31. The van der Waals surface area contributed by atoms with Crippen molar-refractivity contribution >= 4 is 17.7 Å². The fourth-order valence-electron chi connectivity index (χ4n) is 2.16. The van der Waals surface area contributed by atoms with Gasteiger partial charge in [-0.05, 0) is 29.7 Å². The summed E-state index contributed by atoms with van der Waals surface area (Å²) >= 11 is 1.71. The van der Waals surface area contributed by atoms with Gasteiger partial charge in [-0.25, -0.2) is 4.79 Å². The molecule has 0 saturated heterocycles. The maximum Gasteiger partial charge on any atom is 0.335 e. The summed E-state index contributed by atoms with van der Waals surface area (Å²) in [4.78, 5) is 12.4. The van der Waals surface area contributed by atoms with Crippen molar-refractivity contribution in [1.29, 1.82) is 0 Å². The van der Waals surface area contributed by atoms with E-state index in [4.69, 9.17) is 0 Å². The van der Waals surface area contributed by atoms with Crippen LogP contribution < -0.4 is 0 Å². The third kappa shape index (κ3) is 3.05. The minimum absolute atomic E-state index is 0.382. The van der Waals surface area contributed by atoms with Crippen LogP contribution in [0.2, 0.25) is 0 Å². The smallest absolute Gasteiger partial charge is 0.335 e. The van der Waals surface area contributed by atoms with E-state index in [2.05, 4.69) is 26.0 Å². The molecule has 0 fully saturated rings. The van der Waals surface area contributed by atoms with Crippen LogP contribution in [0.3, 0.4) is 0 Å². The minimum Gasteiger partial charge on any atom is -0.478 e. The van der Waals surface area contributed by atoms with Gasteiger partial charge in [0.1, 0.15) is 0 Å². The van der Waals surface area contributed by atoms with Crippen molar-refractivity contribution in [3.8, 4) is 11.1 Å². The number of hydrogen-bond acceptors (Lipinski definition) is 2. The van der Waals surface area contributed by atoms with Gasteiger partial charge in [0.25, 0.3) is 0 Å². The molecule has 0 bridgehead atoms. The number of carboxylic acids is 1. The second-order valence-corrected chi connectivity index (χ2v) is 6.54. The summed E-state index contributed by atoms with van der Waals surface area (Å²) in [6, 6.07) is 13.7. The van der Waals surface area contributed by atoms with E-state index in [1.165, 1.54) is 0 Å². The van der Waals surface area contributed by atoms with Crippen molar-refractivity contribution in [2.75, 3.05) is 0 Å². The second-order valence-electron chi connectivity index (χ2n) is 4.95. The molecule has 0 aromatic heterocycles. The van der Waals surface area contributed by atoms with Gasteiger partial charge in [0, 0.05) is 10.1 Å². The van der Waals surface area contributed by atoms with Gasteiger partial charge in [0.2, 0.25) is 0 Å². The molecule has 2 aromatic carbocycles. The fraction of sp³-hybridized carbons (Fsp3) is 0.235. The predicted octanol–water partition coefficient (Wildman–Crippen LogP) is 4.86. The number of carboxylic acid groups (broad SMARTS) is 1. The molecule has 0 heterocycles. The molecule has 0 radical (unpaired) electrons. The van der Waals surface area contributed by atoms with E-state index in [-0.39, 0.29) is 0 Å². The van der Waals surface area contributed by atoms with Gasteiger partial charge < -0.3 is 5.11 Å². The van der Waals surface area contributed by atoms with Crippen molar-refractivity contribution in [3.63, 3.8) is 0 Å². The van der Waals surface area contributed by atoms with Gasteiger partial charge in [-0.2, -0.15) is 0 Å². The highest BCUT2D eigenvalue weighted by Crippen LogP contribution is 2.37. The lowest BCUT2D eigenvalue weighted by molar-refractivity contribution is 0.0696. The van der Waals surface area contributed by atoms with Crippen LogP contribution in [0, 0.1) is 6.92 Å². The first-order valence-corrected chi connectivity index (χ1v) is 7.47. The molecular weight excluding hydrogens is 268 g/mol. The Balaban J connectivity index is 2.63. The number of hydrogen-bond donors (Lipinski definition) is 1. The van der Waals surface area contributed by atoms with Gasteiger partial charge in [0.05, 0.1) is 5.56 Å². The molecule has 0 amide bonds. The quantitative estimate of drug-likeness (QED) is 0.815. The summed E-state index contributed by atoms with van der Waals surface area (Å²) in [5, 5.41) is 9.68. The number of thioether (sulfide) groups is 1. The van der Waals surface area contributed by atoms with E-state index in [9.17, 15) is 9.90 Å². The molecule has 0 saturated carbocycles. The van der Waals surface area contributed by atoms with Gasteiger partial charge >= 0.3 is 5.97 Å². The Morgan fingerprint density at radius 3 is 2.30 bits per heavy atom. The Labute approximate surface area is 123 Å². The summed E-state index contributed by atoms with van der Waals surface area (Å²) < 4.78 is 0. The standard InChI is InChI=1S/C17H18O2S/c1-11(2)20-16-12(3)14(17(18)19)9-10-15(16)13-7-5-4-6-8-13/h4-11H,1-3H3,(H,18,19). The molecule has 104 valence electrons. The topological polar surface area (TPSA) is 37.3 Å². The highest BCUT2D eigenvalue weighted by molar-refractivity contribution is 8.00. The molecule has 0 spiro atoms. The summed E-state index contributed by atoms with van der Waals surface area (Å²) in [5.74, 6) is -0.868. The number of benzene rings is 2. The molecule has 1 N–H and O–H groups in total. The molecule has 2 nitrogen and oxygen atoms in total. The summed E-state index contributed by atoms with van der Waals surface area (Å²) in [6.45, 7) is 6.12. The Bertz CT molecular complexity index is 618. The summed E-state index contributed by atoms with van der Waals surface area (Å²) in [6.07, 6.45) is 0. The highest BCUT2D eigenvalue weighted by atomic mass is 32.2. The molecule has 3 heteroatoms. The predicted molar refractivity (Wildman–Crippen MR) is 84.6 cm³/mol. The minimum atomic E-state index is -0.868. The fourth-order valence-corrected chi connectivity index (χ4v) is 3.23. The van der Waals surface area contributed by atoms with Gasteiger partial charge in [0.15, 0.2) is 0 Å². The Hall–Kier alpha value is -1.74. The van der Waals surface area contributed by atoms with Crippen LogP contribution in [0.15, 0.2) is 47.4 Å². The largest absolute Gasteiger partial charge is 0.478 e. The van der Waals surface area contributed by atoms with E-state index in [0.29, 0.717) is 10.8 Å². The first kappa shape index (κ1) is 14.7. The van der Waals surface area contributed by atoms with E-state index in [1.54, 1.807) is 17.8 Å². The monoisotopic (exact) mass is 286 g/mol. The average molecular weight is 286 g/mol. The summed E-state index contributed by atoms with van der Waals surface area (Å²) in [5.41, 5.74) is 3.45.